The van der Waals surface area contributed by atoms with Crippen LogP contribution in [0.25, 0.3) is 44.3 Å². The number of hydrogen-bond donors (Lipinski definition) is 0. The summed E-state index contributed by atoms with van der Waals surface area (Å²) in [5.74, 6) is 0. The third-order valence-electron chi connectivity index (χ3n) is 6.42. The second-order valence-corrected chi connectivity index (χ2v) is 8.30. The van der Waals surface area contributed by atoms with E-state index in [-0.39, 0.29) is 16.7 Å². The molecule has 0 aliphatic heterocycles. The molecule has 1 aliphatic rings. The molecule has 0 spiro atoms. The van der Waals surface area contributed by atoms with E-state index in [0.717, 1.165) is 5.56 Å². The van der Waals surface area contributed by atoms with Gasteiger partial charge in [0.05, 0.1) is 5.56 Å². The minimum absolute atomic E-state index is 0.174. The molecule has 2 aromatic heterocycles. The first kappa shape index (κ1) is 11.3. The molecule has 2 nitrogen and oxygen atoms in total. The fourth-order valence-electron chi connectivity index (χ4n) is 4.96. The first-order valence-electron chi connectivity index (χ1n) is 14.7. The van der Waals surface area contributed by atoms with E-state index in [1.54, 1.807) is 59.3 Å². The van der Waals surface area contributed by atoms with Crippen molar-refractivity contribution in [3.8, 4) is 22.4 Å². The molecule has 2 heterocycles. The van der Waals surface area contributed by atoms with Crippen molar-refractivity contribution in [2.75, 3.05) is 0 Å². The van der Waals surface area contributed by atoms with Gasteiger partial charge in [-0.2, -0.15) is 0 Å². The molecule has 0 radical (unpaired) electrons. The quantitative estimate of drug-likeness (QED) is 0.270. The van der Waals surface area contributed by atoms with Crippen LogP contribution in [0.2, 0.25) is 0 Å². The lowest BCUT2D eigenvalue weighted by Gasteiger charge is -2.22. The third kappa shape index (κ3) is 2.36. The number of rotatable bonds is 1. The van der Waals surface area contributed by atoms with E-state index in [2.05, 4.69) is 0 Å². The summed E-state index contributed by atoms with van der Waals surface area (Å²) >= 11 is 0. The highest BCUT2D eigenvalue weighted by Crippen LogP contribution is 2.53. The number of aromatic nitrogens is 1. The highest BCUT2D eigenvalue weighted by Gasteiger charge is 2.38. The predicted molar refractivity (Wildman–Crippen MR) is 127 cm³/mol. The van der Waals surface area contributed by atoms with E-state index in [1.807, 2.05) is 26.1 Å². The van der Waals surface area contributed by atoms with Crippen LogP contribution in [0.1, 0.15) is 48.3 Å². The molecule has 31 heavy (non-hydrogen) atoms. The van der Waals surface area contributed by atoms with Crippen molar-refractivity contribution < 1.29 is 21.3 Å². The molecule has 0 unspecified atom stereocenters. The van der Waals surface area contributed by atoms with Gasteiger partial charge in [0, 0.05) is 40.7 Å². The van der Waals surface area contributed by atoms with Crippen LogP contribution in [-0.2, 0) is 12.5 Å². The maximum atomic E-state index is 8.64. The monoisotopic (exact) mass is 413 g/mol. The topological polar surface area (TPSA) is 17.0 Å². The Bertz CT molecular complexity index is 1830. The molecule has 0 bridgehead atoms. The summed E-state index contributed by atoms with van der Waals surface area (Å²) in [7, 11) is 1.81. The Morgan fingerprint density at radius 1 is 0.968 bits per heavy atom. The lowest BCUT2D eigenvalue weighted by molar-refractivity contribution is -0.660. The molecule has 0 saturated carbocycles. The van der Waals surface area contributed by atoms with Crippen molar-refractivity contribution in [2.24, 2.45) is 7.05 Å². The van der Waals surface area contributed by atoms with Gasteiger partial charge in [-0.05, 0) is 53.2 Å². The normalized spacial score (nSPS) is 19.7. The Hall–Kier alpha value is -3.39. The van der Waals surface area contributed by atoms with Gasteiger partial charge in [-0.3, -0.25) is 0 Å². The van der Waals surface area contributed by atoms with Crippen molar-refractivity contribution >= 4 is 21.9 Å². The van der Waals surface area contributed by atoms with Crippen molar-refractivity contribution in [3.05, 3.63) is 89.1 Å². The molecule has 0 saturated heterocycles. The van der Waals surface area contributed by atoms with Gasteiger partial charge in [0.1, 0.15) is 18.2 Å². The van der Waals surface area contributed by atoms with E-state index in [0.29, 0.717) is 44.3 Å². The van der Waals surface area contributed by atoms with Crippen LogP contribution in [0, 0.1) is 13.8 Å². The van der Waals surface area contributed by atoms with Crippen LogP contribution in [-0.4, -0.2) is 0 Å². The van der Waals surface area contributed by atoms with Gasteiger partial charge in [-0.1, -0.05) is 56.2 Å². The van der Waals surface area contributed by atoms with Gasteiger partial charge < -0.3 is 4.42 Å². The summed E-state index contributed by atoms with van der Waals surface area (Å²) in [6.45, 7) is -6.25. The number of aryl methyl sites for hydroxylation is 3. The summed E-state index contributed by atoms with van der Waals surface area (Å²) in [6.07, 6.45) is 1.68. The van der Waals surface area contributed by atoms with Gasteiger partial charge in [0.25, 0.3) is 0 Å². The lowest BCUT2D eigenvalue weighted by atomic mass is 9.80. The Morgan fingerprint density at radius 3 is 2.68 bits per heavy atom. The summed E-state index contributed by atoms with van der Waals surface area (Å²) < 4.78 is 83.8. The maximum absolute atomic E-state index is 8.64. The zero-order chi connectivity index (χ0) is 29.0. The van der Waals surface area contributed by atoms with E-state index < -0.39 is 26.0 Å². The average Bonchev–Trinajstić information content (AvgIpc) is 3.37. The maximum Gasteiger partial charge on any atom is 0.216 e. The van der Waals surface area contributed by atoms with E-state index in [1.165, 1.54) is 0 Å². The largest absolute Gasteiger partial charge is 0.455 e. The van der Waals surface area contributed by atoms with E-state index >= 15 is 0 Å². The SMILES string of the molecule is [2H]C([2H])([2H])c1cc[n+](C)c(-c2c(C)ccc3c2oc2ccc4c(c23)C(C([2H])([2H])[2H])(C([2H])([2H])[2H])c2ccccc2-4)c1. The van der Waals surface area contributed by atoms with Gasteiger partial charge in [0.2, 0.25) is 5.69 Å². The number of benzene rings is 3. The van der Waals surface area contributed by atoms with Gasteiger partial charge in [0.15, 0.2) is 6.20 Å². The molecule has 152 valence electrons. The molecule has 0 atom stereocenters. The molecule has 2 heteroatoms. The first-order chi connectivity index (χ1) is 18.6. The Morgan fingerprint density at radius 2 is 1.84 bits per heavy atom. The Balaban J connectivity index is 1.79. The fourth-order valence-corrected chi connectivity index (χ4v) is 4.96. The van der Waals surface area contributed by atoms with Gasteiger partial charge in [-0.25, -0.2) is 4.57 Å². The van der Waals surface area contributed by atoms with Crippen molar-refractivity contribution in [3.63, 3.8) is 0 Å². The zero-order valence-electron chi connectivity index (χ0n) is 26.2. The van der Waals surface area contributed by atoms with Crippen LogP contribution in [0.15, 0.2) is 71.3 Å². The van der Waals surface area contributed by atoms with E-state index in [4.69, 9.17) is 16.8 Å². The smallest absolute Gasteiger partial charge is 0.216 e. The number of furan rings is 1. The highest BCUT2D eigenvalue weighted by molar-refractivity contribution is 6.14. The van der Waals surface area contributed by atoms with E-state index in [9.17, 15) is 0 Å². The molecule has 3 aromatic carbocycles. The second-order valence-electron chi connectivity index (χ2n) is 8.30. The highest BCUT2D eigenvalue weighted by atomic mass is 16.3. The number of nitrogens with zero attached hydrogens (tertiary/aromatic N) is 1. The molecule has 0 N–H and O–H groups in total. The molecule has 0 fully saturated rings. The van der Waals surface area contributed by atoms with Crippen molar-refractivity contribution in [2.45, 2.75) is 32.9 Å². The van der Waals surface area contributed by atoms with Crippen LogP contribution < -0.4 is 4.57 Å². The first-order valence-corrected chi connectivity index (χ1v) is 10.2. The third-order valence-corrected chi connectivity index (χ3v) is 6.42. The summed E-state index contributed by atoms with van der Waals surface area (Å²) in [5.41, 5.74) is 2.35. The molecule has 0 amide bonds. The Labute approximate surface area is 195 Å². The van der Waals surface area contributed by atoms with Crippen LogP contribution >= 0.6 is 0 Å². The second kappa shape index (κ2) is 6.07. The summed E-state index contributed by atoms with van der Waals surface area (Å²) in [6, 6.07) is 17.1. The average molecular weight is 414 g/mol. The van der Waals surface area contributed by atoms with Gasteiger partial charge in [-0.15, -0.1) is 0 Å². The summed E-state index contributed by atoms with van der Waals surface area (Å²) in [5, 5.41) is 1.00. The van der Waals surface area contributed by atoms with Crippen LogP contribution in [0.4, 0.5) is 0 Å². The molecule has 6 rings (SSSR count). The van der Waals surface area contributed by atoms with Crippen molar-refractivity contribution in [1.29, 1.82) is 0 Å². The number of hydrogen-bond acceptors (Lipinski definition) is 1. The standard InChI is InChI=1S/C29H26NO/c1-17-14-15-30(5)23(16-17)25-18(2)10-11-21-26-24(31-28(21)25)13-12-20-19-8-6-7-9-22(19)29(3,4)27(20)26/h6-16H,1-5H3/q+1/i1D3,3D3,4D3. The van der Waals surface area contributed by atoms with Crippen molar-refractivity contribution in [1.82, 2.24) is 0 Å². The van der Waals surface area contributed by atoms with Gasteiger partial charge >= 0.3 is 0 Å². The Kier molecular flexibility index (Phi) is 2.21. The lowest BCUT2D eigenvalue weighted by Crippen LogP contribution is -2.30. The minimum atomic E-state index is -2.91. The molecule has 1 aliphatic carbocycles. The minimum Gasteiger partial charge on any atom is -0.455 e. The number of pyridine rings is 1. The predicted octanol–water partition coefficient (Wildman–Crippen LogP) is 7.00. The summed E-state index contributed by atoms with van der Waals surface area (Å²) in [4.78, 5) is 0. The molecule has 5 aromatic rings. The van der Waals surface area contributed by atoms with Crippen LogP contribution in [0.3, 0.4) is 0 Å². The number of fused-ring (bicyclic) bond motifs is 7. The zero-order valence-corrected chi connectivity index (χ0v) is 17.2. The van der Waals surface area contributed by atoms with Crippen LogP contribution in [0.5, 0.6) is 0 Å². The molecular formula is C29H26NO+. The molecular weight excluding hydrogens is 378 g/mol. The fraction of sp³-hybridized carbons (Fsp3) is 0.207.